The largest absolute Gasteiger partial charge is 0.508 e. The Balaban J connectivity index is 1.29. The van der Waals surface area contributed by atoms with E-state index in [2.05, 4.69) is 15.3 Å². The Morgan fingerprint density at radius 3 is 2.27 bits per heavy atom. The molecule has 3 heterocycles. The molecule has 230 valence electrons. The molecule has 2 amide bonds. The summed E-state index contributed by atoms with van der Waals surface area (Å²) < 4.78 is 79.7. The number of anilines is 1. The molecule has 1 aliphatic heterocycles. The van der Waals surface area contributed by atoms with Gasteiger partial charge in [-0.3, -0.25) is 9.59 Å². The van der Waals surface area contributed by atoms with E-state index in [1.165, 1.54) is 52.3 Å². The standard InChI is InChI=1S/C28H23F6N7O3/c29-27(30,31)16-35-25(43)23-4-5-24(38-37-23)39-6-8-40(9-7-39)26(44)18-10-20(28(32,33)34)13-21(11-18)41-15-19(14-36-41)17-2-1-3-22(42)12-17/h1-5,10-15,42H,6-9,16H2,(H,35,43). The van der Waals surface area contributed by atoms with Crippen LogP contribution in [0.25, 0.3) is 16.8 Å². The molecule has 4 aromatic rings. The third-order valence-electron chi connectivity index (χ3n) is 6.74. The van der Waals surface area contributed by atoms with Gasteiger partial charge < -0.3 is 20.2 Å². The number of aromatic hydroxyl groups is 1. The van der Waals surface area contributed by atoms with Gasteiger partial charge in [-0.05, 0) is 48.0 Å². The average Bonchev–Trinajstić information content (AvgIpc) is 3.49. The van der Waals surface area contributed by atoms with Crippen molar-refractivity contribution in [2.45, 2.75) is 12.4 Å². The zero-order chi connectivity index (χ0) is 31.6. The van der Waals surface area contributed by atoms with Crippen LogP contribution in [0.1, 0.15) is 26.4 Å². The van der Waals surface area contributed by atoms with Crippen LogP contribution in [-0.2, 0) is 6.18 Å². The summed E-state index contributed by atoms with van der Waals surface area (Å²) in [4.78, 5) is 28.3. The van der Waals surface area contributed by atoms with E-state index in [0.29, 0.717) is 16.9 Å². The van der Waals surface area contributed by atoms with E-state index in [1.807, 2.05) is 0 Å². The lowest BCUT2D eigenvalue weighted by Gasteiger charge is -2.35. The van der Waals surface area contributed by atoms with Crippen LogP contribution in [0, 0.1) is 0 Å². The Bertz CT molecular complexity index is 1660. The third kappa shape index (κ3) is 7.07. The minimum atomic E-state index is -4.74. The van der Waals surface area contributed by atoms with Crippen molar-refractivity contribution >= 4 is 17.6 Å². The quantitative estimate of drug-likeness (QED) is 0.309. The molecule has 1 saturated heterocycles. The average molecular weight is 620 g/mol. The maximum absolute atomic E-state index is 13.8. The van der Waals surface area contributed by atoms with E-state index in [1.54, 1.807) is 22.3 Å². The molecule has 0 spiro atoms. The Morgan fingerprint density at radius 1 is 0.886 bits per heavy atom. The van der Waals surface area contributed by atoms with Crippen LogP contribution in [-0.4, -0.2) is 80.7 Å². The fraction of sp³-hybridized carbons (Fsp3) is 0.250. The van der Waals surface area contributed by atoms with Crippen LogP contribution in [0.2, 0.25) is 0 Å². The van der Waals surface area contributed by atoms with Gasteiger partial charge in [-0.1, -0.05) is 12.1 Å². The first-order chi connectivity index (χ1) is 20.8. The van der Waals surface area contributed by atoms with E-state index in [9.17, 15) is 41.0 Å². The van der Waals surface area contributed by atoms with Crippen molar-refractivity contribution in [1.29, 1.82) is 0 Å². The van der Waals surface area contributed by atoms with Crippen LogP contribution in [0.15, 0.2) is 67.0 Å². The van der Waals surface area contributed by atoms with Gasteiger partial charge in [0.05, 0.1) is 17.4 Å². The maximum Gasteiger partial charge on any atom is 0.416 e. The molecule has 16 heteroatoms. The second-order valence-electron chi connectivity index (χ2n) is 9.84. The smallest absolute Gasteiger partial charge is 0.416 e. The molecule has 0 atom stereocenters. The minimum Gasteiger partial charge on any atom is -0.508 e. The highest BCUT2D eigenvalue weighted by molar-refractivity contribution is 5.95. The van der Waals surface area contributed by atoms with E-state index >= 15 is 0 Å². The first-order valence-corrected chi connectivity index (χ1v) is 13.1. The SMILES string of the molecule is O=C(NCC(F)(F)F)c1ccc(N2CCN(C(=O)c3cc(-n4cc(-c5cccc(O)c5)cn4)cc(C(F)(F)F)c3)CC2)nn1. The van der Waals surface area contributed by atoms with Gasteiger partial charge in [0.1, 0.15) is 12.3 Å². The number of phenols is 1. The molecular formula is C28H23F6N7O3. The van der Waals surface area contributed by atoms with Crippen LogP contribution in [0.5, 0.6) is 5.75 Å². The molecule has 0 saturated carbocycles. The normalized spacial score (nSPS) is 14.0. The molecule has 1 aliphatic rings. The Kier molecular flexibility index (Phi) is 8.17. The van der Waals surface area contributed by atoms with Gasteiger partial charge in [0, 0.05) is 43.5 Å². The molecular weight excluding hydrogens is 596 g/mol. The highest BCUT2D eigenvalue weighted by atomic mass is 19.4. The highest BCUT2D eigenvalue weighted by Crippen LogP contribution is 2.33. The van der Waals surface area contributed by atoms with Gasteiger partial charge in [0.15, 0.2) is 11.5 Å². The van der Waals surface area contributed by atoms with Crippen molar-refractivity contribution in [2.24, 2.45) is 0 Å². The molecule has 5 rings (SSSR count). The molecule has 1 fully saturated rings. The summed E-state index contributed by atoms with van der Waals surface area (Å²) in [6, 6.07) is 11.9. The number of amides is 2. The Labute approximate surface area is 245 Å². The first kappa shape index (κ1) is 30.3. The van der Waals surface area contributed by atoms with Crippen LogP contribution >= 0.6 is 0 Å². The molecule has 44 heavy (non-hydrogen) atoms. The fourth-order valence-corrected chi connectivity index (χ4v) is 4.54. The van der Waals surface area contributed by atoms with Crippen molar-refractivity contribution in [3.8, 4) is 22.6 Å². The molecule has 2 aromatic heterocycles. The lowest BCUT2D eigenvalue weighted by molar-refractivity contribution is -0.137. The number of nitrogens with zero attached hydrogens (tertiary/aromatic N) is 6. The number of halogens is 6. The van der Waals surface area contributed by atoms with Crippen LogP contribution < -0.4 is 10.2 Å². The fourth-order valence-electron chi connectivity index (χ4n) is 4.54. The summed E-state index contributed by atoms with van der Waals surface area (Å²) in [6.45, 7) is -0.788. The Hall–Kier alpha value is -5.15. The molecule has 0 radical (unpaired) electrons. The minimum absolute atomic E-state index is 0.0126. The number of hydrogen-bond donors (Lipinski definition) is 2. The second-order valence-corrected chi connectivity index (χ2v) is 9.84. The van der Waals surface area contributed by atoms with Crippen molar-refractivity contribution in [1.82, 2.24) is 30.2 Å². The second kappa shape index (κ2) is 11.9. The number of carbonyl (C=O) groups is 2. The topological polar surface area (TPSA) is 116 Å². The van der Waals surface area contributed by atoms with Gasteiger partial charge in [-0.25, -0.2) is 4.68 Å². The number of aromatic nitrogens is 4. The number of benzene rings is 2. The number of nitrogens with one attached hydrogen (secondary N) is 1. The van der Waals surface area contributed by atoms with Gasteiger partial charge >= 0.3 is 12.4 Å². The van der Waals surface area contributed by atoms with Crippen molar-refractivity contribution in [3.05, 3.63) is 83.8 Å². The van der Waals surface area contributed by atoms with Crippen LogP contribution in [0.4, 0.5) is 32.2 Å². The van der Waals surface area contributed by atoms with Gasteiger partial charge in [-0.15, -0.1) is 10.2 Å². The lowest BCUT2D eigenvalue weighted by Crippen LogP contribution is -2.49. The number of rotatable bonds is 6. The summed E-state index contributed by atoms with van der Waals surface area (Å²) in [5.41, 5.74) is -0.365. The summed E-state index contributed by atoms with van der Waals surface area (Å²) in [5.74, 6) is -1.34. The van der Waals surface area contributed by atoms with Crippen LogP contribution in [0.3, 0.4) is 0 Å². The maximum atomic E-state index is 13.8. The summed E-state index contributed by atoms with van der Waals surface area (Å²) >= 11 is 0. The van der Waals surface area contributed by atoms with E-state index in [4.69, 9.17) is 0 Å². The van der Waals surface area contributed by atoms with Gasteiger partial charge in [-0.2, -0.15) is 31.4 Å². The van der Waals surface area contributed by atoms with E-state index in [-0.39, 0.29) is 48.9 Å². The number of piperazine rings is 1. The molecule has 0 aliphatic carbocycles. The zero-order valence-electron chi connectivity index (χ0n) is 22.6. The van der Waals surface area contributed by atoms with Crippen molar-refractivity contribution < 1.29 is 41.0 Å². The summed E-state index contributed by atoms with van der Waals surface area (Å²) in [6.07, 6.45) is -6.39. The molecule has 2 N–H and O–H groups in total. The lowest BCUT2D eigenvalue weighted by atomic mass is 10.1. The molecule has 0 bridgehead atoms. The summed E-state index contributed by atoms with van der Waals surface area (Å²) in [7, 11) is 0. The molecule has 10 nitrogen and oxygen atoms in total. The zero-order valence-corrected chi connectivity index (χ0v) is 22.6. The van der Waals surface area contributed by atoms with Crippen molar-refractivity contribution in [3.63, 3.8) is 0 Å². The number of hydrogen-bond acceptors (Lipinski definition) is 7. The Morgan fingerprint density at radius 2 is 1.64 bits per heavy atom. The third-order valence-corrected chi connectivity index (χ3v) is 6.74. The number of phenolic OH excluding ortho intramolecular Hbond substituents is 1. The van der Waals surface area contributed by atoms with E-state index < -0.39 is 36.3 Å². The predicted molar refractivity (Wildman–Crippen MR) is 144 cm³/mol. The number of alkyl halides is 6. The molecule has 0 unspecified atom stereocenters. The molecule has 2 aromatic carbocycles. The van der Waals surface area contributed by atoms with Gasteiger partial charge in [0.25, 0.3) is 11.8 Å². The van der Waals surface area contributed by atoms with Gasteiger partial charge in [0.2, 0.25) is 0 Å². The number of carbonyl (C=O) groups excluding carboxylic acids is 2. The predicted octanol–water partition coefficient (Wildman–Crippen LogP) is 4.31. The van der Waals surface area contributed by atoms with Crippen molar-refractivity contribution in [2.75, 3.05) is 37.6 Å². The summed E-state index contributed by atoms with van der Waals surface area (Å²) in [5, 5.41) is 23.2. The van der Waals surface area contributed by atoms with E-state index in [0.717, 1.165) is 12.1 Å². The highest BCUT2D eigenvalue weighted by Gasteiger charge is 2.33. The first-order valence-electron chi connectivity index (χ1n) is 13.1. The monoisotopic (exact) mass is 619 g/mol.